The Kier molecular flexibility index (Phi) is 5.12. The number of rotatable bonds is 3. The predicted octanol–water partition coefficient (Wildman–Crippen LogP) is 5.20. The number of furan rings is 1. The smallest absolute Gasteiger partial charge is 0.393 e. The molecule has 3 aromatic rings. The van der Waals surface area contributed by atoms with Gasteiger partial charge in [0.25, 0.3) is 5.91 Å². The molecule has 0 saturated carbocycles. The SMILES string of the molecule is O=C(c1cc(-c2ccco2)n(-c2ccc(Cl)cc2)n1)N1CCC[C@H](C(F)(F)F)C1. The van der Waals surface area contributed by atoms with Crippen molar-refractivity contribution in [1.82, 2.24) is 14.7 Å². The van der Waals surface area contributed by atoms with Crippen LogP contribution in [0, 0.1) is 5.92 Å². The minimum atomic E-state index is -4.32. The predicted molar refractivity (Wildman–Crippen MR) is 101 cm³/mol. The van der Waals surface area contributed by atoms with Gasteiger partial charge < -0.3 is 9.32 Å². The lowest BCUT2D eigenvalue weighted by molar-refractivity contribution is -0.184. The van der Waals surface area contributed by atoms with E-state index in [4.69, 9.17) is 16.0 Å². The maximum absolute atomic E-state index is 13.1. The summed E-state index contributed by atoms with van der Waals surface area (Å²) >= 11 is 5.95. The van der Waals surface area contributed by atoms with Crippen LogP contribution in [-0.2, 0) is 0 Å². The molecule has 9 heteroatoms. The second-order valence-electron chi connectivity index (χ2n) is 6.91. The zero-order valence-corrected chi connectivity index (χ0v) is 16.0. The molecule has 0 N–H and O–H groups in total. The first kappa shape index (κ1) is 19.6. The summed E-state index contributed by atoms with van der Waals surface area (Å²) in [5.74, 6) is -1.55. The molecule has 0 aliphatic carbocycles. The Labute approximate surface area is 169 Å². The lowest BCUT2D eigenvalue weighted by Gasteiger charge is -2.33. The largest absolute Gasteiger partial charge is 0.463 e. The van der Waals surface area contributed by atoms with Gasteiger partial charge in [-0.25, -0.2) is 4.68 Å². The van der Waals surface area contributed by atoms with Crippen molar-refractivity contribution in [3.63, 3.8) is 0 Å². The van der Waals surface area contributed by atoms with E-state index in [1.54, 1.807) is 36.4 Å². The van der Waals surface area contributed by atoms with Crippen LogP contribution in [-0.4, -0.2) is 39.9 Å². The molecular formula is C20H17ClF3N3O2. The van der Waals surface area contributed by atoms with Gasteiger partial charge in [0.15, 0.2) is 11.5 Å². The van der Waals surface area contributed by atoms with Gasteiger partial charge in [0.2, 0.25) is 0 Å². The average molecular weight is 424 g/mol. The van der Waals surface area contributed by atoms with Crippen LogP contribution in [0.5, 0.6) is 0 Å². The topological polar surface area (TPSA) is 51.3 Å². The fourth-order valence-corrected chi connectivity index (χ4v) is 3.58. The number of benzene rings is 1. The first-order valence-electron chi connectivity index (χ1n) is 9.09. The maximum Gasteiger partial charge on any atom is 0.393 e. The van der Waals surface area contributed by atoms with Gasteiger partial charge in [-0.1, -0.05) is 11.6 Å². The van der Waals surface area contributed by atoms with Crippen molar-refractivity contribution in [2.75, 3.05) is 13.1 Å². The molecule has 3 heterocycles. The number of hydrogen-bond donors (Lipinski definition) is 0. The van der Waals surface area contributed by atoms with E-state index in [1.807, 2.05) is 0 Å². The minimum absolute atomic E-state index is 0.0319. The molecule has 29 heavy (non-hydrogen) atoms. The monoisotopic (exact) mass is 423 g/mol. The zero-order chi connectivity index (χ0) is 20.6. The Morgan fingerprint density at radius 1 is 1.21 bits per heavy atom. The number of piperidine rings is 1. The lowest BCUT2D eigenvalue weighted by atomic mass is 9.97. The third-order valence-electron chi connectivity index (χ3n) is 4.94. The van der Waals surface area contributed by atoms with Crippen LogP contribution in [0.15, 0.2) is 53.1 Å². The number of hydrogen-bond acceptors (Lipinski definition) is 3. The molecule has 1 atom stereocenters. The first-order valence-corrected chi connectivity index (χ1v) is 9.46. The summed E-state index contributed by atoms with van der Waals surface area (Å²) in [6.45, 7) is -0.0818. The number of nitrogens with zero attached hydrogens (tertiary/aromatic N) is 3. The second kappa shape index (κ2) is 7.59. The van der Waals surface area contributed by atoms with E-state index in [9.17, 15) is 18.0 Å². The fraction of sp³-hybridized carbons (Fsp3) is 0.300. The standard InChI is InChI=1S/C20H17ClF3N3O2/c21-14-5-7-15(8-6-14)27-17(18-4-2-10-29-18)11-16(25-27)19(28)26-9-1-3-13(12-26)20(22,23)24/h2,4-8,10-11,13H,1,3,9,12H2/t13-/m0/s1. The molecule has 1 aliphatic heterocycles. The number of carbonyl (C=O) groups excluding carboxylic acids is 1. The molecule has 1 aromatic carbocycles. The van der Waals surface area contributed by atoms with Crippen LogP contribution in [0.4, 0.5) is 13.2 Å². The molecule has 0 radical (unpaired) electrons. The summed E-state index contributed by atoms with van der Waals surface area (Å²) in [4.78, 5) is 14.1. The van der Waals surface area contributed by atoms with Crippen LogP contribution in [0.2, 0.25) is 5.02 Å². The Bertz CT molecular complexity index is 997. The molecule has 5 nitrogen and oxygen atoms in total. The summed E-state index contributed by atoms with van der Waals surface area (Å²) in [5.41, 5.74) is 1.23. The van der Waals surface area contributed by atoms with E-state index < -0.39 is 18.0 Å². The third-order valence-corrected chi connectivity index (χ3v) is 5.20. The minimum Gasteiger partial charge on any atom is -0.463 e. The molecule has 1 saturated heterocycles. The van der Waals surface area contributed by atoms with Crippen molar-refractivity contribution in [1.29, 1.82) is 0 Å². The van der Waals surface area contributed by atoms with Crippen molar-refractivity contribution in [2.24, 2.45) is 5.92 Å². The summed E-state index contributed by atoms with van der Waals surface area (Å²) in [5, 5.41) is 4.91. The molecule has 0 spiro atoms. The van der Waals surface area contributed by atoms with Gasteiger partial charge in [-0.15, -0.1) is 0 Å². The van der Waals surface area contributed by atoms with Crippen molar-refractivity contribution < 1.29 is 22.4 Å². The van der Waals surface area contributed by atoms with Gasteiger partial charge in [-0.05, 0) is 49.2 Å². The quantitative estimate of drug-likeness (QED) is 0.581. The van der Waals surface area contributed by atoms with Crippen LogP contribution in [0.25, 0.3) is 17.1 Å². The third kappa shape index (κ3) is 4.03. The van der Waals surface area contributed by atoms with Gasteiger partial charge in [0, 0.05) is 24.2 Å². The number of amides is 1. The summed E-state index contributed by atoms with van der Waals surface area (Å²) in [7, 11) is 0. The highest BCUT2D eigenvalue weighted by Gasteiger charge is 2.43. The molecule has 1 fully saturated rings. The number of carbonyl (C=O) groups is 1. The van der Waals surface area contributed by atoms with Gasteiger partial charge in [-0.2, -0.15) is 18.3 Å². The summed E-state index contributed by atoms with van der Waals surface area (Å²) in [6.07, 6.45) is -2.49. The Morgan fingerprint density at radius 3 is 2.62 bits per heavy atom. The highest BCUT2D eigenvalue weighted by molar-refractivity contribution is 6.30. The first-order chi connectivity index (χ1) is 13.8. The Hall–Kier alpha value is -2.74. The van der Waals surface area contributed by atoms with Crippen molar-refractivity contribution >= 4 is 17.5 Å². The molecule has 1 amide bonds. The number of alkyl halides is 3. The molecular weight excluding hydrogens is 407 g/mol. The van der Waals surface area contributed by atoms with Crippen LogP contribution >= 0.6 is 11.6 Å². The van der Waals surface area contributed by atoms with Crippen LogP contribution in [0.1, 0.15) is 23.3 Å². The van der Waals surface area contributed by atoms with E-state index in [0.717, 1.165) is 0 Å². The van der Waals surface area contributed by atoms with Gasteiger partial charge >= 0.3 is 6.18 Å². The van der Waals surface area contributed by atoms with E-state index in [-0.39, 0.29) is 25.2 Å². The average Bonchev–Trinajstić information content (AvgIpc) is 3.37. The van der Waals surface area contributed by atoms with Gasteiger partial charge in [0.05, 0.1) is 17.9 Å². The number of halogens is 4. The van der Waals surface area contributed by atoms with E-state index in [2.05, 4.69) is 5.10 Å². The maximum atomic E-state index is 13.1. The molecule has 4 rings (SSSR count). The normalized spacial score (nSPS) is 17.5. The van der Waals surface area contributed by atoms with Crippen LogP contribution in [0.3, 0.4) is 0 Å². The van der Waals surface area contributed by atoms with E-state index in [0.29, 0.717) is 28.6 Å². The molecule has 1 aliphatic rings. The Morgan fingerprint density at radius 2 is 1.97 bits per heavy atom. The lowest BCUT2D eigenvalue weighted by Crippen LogP contribution is -2.44. The van der Waals surface area contributed by atoms with E-state index in [1.165, 1.54) is 21.9 Å². The van der Waals surface area contributed by atoms with Gasteiger partial charge in [-0.3, -0.25) is 4.79 Å². The number of likely N-dealkylation sites (tertiary alicyclic amines) is 1. The molecule has 152 valence electrons. The Balaban J connectivity index is 1.68. The zero-order valence-electron chi connectivity index (χ0n) is 15.2. The summed E-state index contributed by atoms with van der Waals surface area (Å²) < 4.78 is 46.3. The second-order valence-corrected chi connectivity index (χ2v) is 7.35. The molecule has 0 bridgehead atoms. The van der Waals surface area contributed by atoms with Crippen molar-refractivity contribution in [3.8, 4) is 17.1 Å². The summed E-state index contributed by atoms with van der Waals surface area (Å²) in [6, 6.07) is 11.8. The highest BCUT2D eigenvalue weighted by atomic mass is 35.5. The molecule has 0 unspecified atom stereocenters. The van der Waals surface area contributed by atoms with Gasteiger partial charge in [0.1, 0.15) is 5.69 Å². The number of aromatic nitrogens is 2. The highest BCUT2D eigenvalue weighted by Crippen LogP contribution is 2.34. The molecule has 2 aromatic heterocycles. The van der Waals surface area contributed by atoms with E-state index >= 15 is 0 Å². The van der Waals surface area contributed by atoms with Crippen molar-refractivity contribution in [3.05, 3.63) is 59.4 Å². The van der Waals surface area contributed by atoms with Crippen LogP contribution < -0.4 is 0 Å². The fourth-order valence-electron chi connectivity index (χ4n) is 3.46. The van der Waals surface area contributed by atoms with Crippen molar-refractivity contribution in [2.45, 2.75) is 19.0 Å².